The summed E-state index contributed by atoms with van der Waals surface area (Å²) in [5.41, 5.74) is 1.62. The van der Waals surface area contributed by atoms with Gasteiger partial charge in [0.1, 0.15) is 18.0 Å². The maximum atomic E-state index is 9.76. The molecule has 2 heterocycles. The minimum atomic E-state index is -0.181. The number of rotatable bonds is 8. The Balaban J connectivity index is 1.86. The van der Waals surface area contributed by atoms with E-state index in [0.717, 1.165) is 68.0 Å². The Morgan fingerprint density at radius 1 is 1.15 bits per heavy atom. The fourth-order valence-corrected chi connectivity index (χ4v) is 3.20. The second kappa shape index (κ2) is 9.45. The third-order valence-electron chi connectivity index (χ3n) is 4.84. The minimum absolute atomic E-state index is 0.181. The van der Waals surface area contributed by atoms with Gasteiger partial charge in [-0.3, -0.25) is 0 Å². The first-order chi connectivity index (χ1) is 13.2. The highest BCUT2D eigenvalue weighted by atomic mass is 16.3. The van der Waals surface area contributed by atoms with Crippen LogP contribution in [0, 0.1) is 0 Å². The number of nitrogens with one attached hydrogen (secondary N) is 3. The first-order valence-electron chi connectivity index (χ1n) is 9.75. The average Bonchev–Trinajstić information content (AvgIpc) is 2.70. The van der Waals surface area contributed by atoms with Gasteiger partial charge < -0.3 is 21.1 Å². The van der Waals surface area contributed by atoms with Gasteiger partial charge in [0.05, 0.1) is 17.4 Å². The van der Waals surface area contributed by atoms with Gasteiger partial charge in [-0.05, 0) is 32.1 Å². The van der Waals surface area contributed by atoms with Gasteiger partial charge in [-0.2, -0.15) is 4.98 Å². The summed E-state index contributed by atoms with van der Waals surface area (Å²) in [4.78, 5) is 17.8. The molecule has 1 aliphatic carbocycles. The number of aliphatic hydroxyl groups excluding tert-OH is 1. The van der Waals surface area contributed by atoms with Crippen molar-refractivity contribution in [1.29, 1.82) is 0 Å². The van der Waals surface area contributed by atoms with Gasteiger partial charge in [0, 0.05) is 31.9 Å². The van der Waals surface area contributed by atoms with Crippen molar-refractivity contribution in [2.75, 3.05) is 29.5 Å². The van der Waals surface area contributed by atoms with Crippen LogP contribution >= 0.6 is 0 Å². The summed E-state index contributed by atoms with van der Waals surface area (Å²) in [6, 6.07) is 2.18. The van der Waals surface area contributed by atoms with Crippen molar-refractivity contribution in [1.82, 2.24) is 19.9 Å². The highest BCUT2D eigenvalue weighted by Crippen LogP contribution is 2.29. The van der Waals surface area contributed by atoms with E-state index in [4.69, 9.17) is 4.98 Å². The summed E-state index contributed by atoms with van der Waals surface area (Å²) in [5, 5.41) is 19.6. The predicted molar refractivity (Wildman–Crippen MR) is 108 cm³/mol. The molecule has 0 amide bonds. The largest absolute Gasteiger partial charge is 0.393 e. The maximum Gasteiger partial charge on any atom is 0.224 e. The van der Waals surface area contributed by atoms with Crippen molar-refractivity contribution in [3.05, 3.63) is 18.6 Å². The molecule has 0 spiro atoms. The quantitative estimate of drug-likeness (QED) is 0.525. The van der Waals surface area contributed by atoms with E-state index < -0.39 is 0 Å². The zero-order valence-corrected chi connectivity index (χ0v) is 16.1. The summed E-state index contributed by atoms with van der Waals surface area (Å²) in [7, 11) is 1.83. The monoisotopic (exact) mass is 371 g/mol. The fourth-order valence-electron chi connectivity index (χ4n) is 3.20. The Bertz CT molecular complexity index is 732. The molecule has 8 heteroatoms. The second-order valence-corrected chi connectivity index (χ2v) is 6.92. The van der Waals surface area contributed by atoms with Crippen molar-refractivity contribution >= 4 is 17.6 Å². The molecular formula is C19H29N7O. The zero-order chi connectivity index (χ0) is 19.1. The lowest BCUT2D eigenvalue weighted by Crippen LogP contribution is -2.29. The summed E-state index contributed by atoms with van der Waals surface area (Å²) in [5.74, 6) is 2.14. The molecule has 27 heavy (non-hydrogen) atoms. The lowest BCUT2D eigenvalue weighted by atomic mass is 9.93. The first-order valence-corrected chi connectivity index (χ1v) is 9.75. The van der Waals surface area contributed by atoms with Crippen LogP contribution in [0.25, 0.3) is 11.3 Å². The Kier molecular flexibility index (Phi) is 6.75. The molecule has 1 aliphatic rings. The summed E-state index contributed by atoms with van der Waals surface area (Å²) >= 11 is 0. The molecule has 3 rings (SSSR count). The van der Waals surface area contributed by atoms with E-state index in [9.17, 15) is 5.11 Å². The number of aromatic nitrogens is 4. The number of aliphatic hydroxyl groups is 1. The molecule has 0 atom stereocenters. The SMILES string of the molecule is CCCCNc1ncc(-c2cc(NC)ncn2)c(NC2CCC(O)CC2)n1. The van der Waals surface area contributed by atoms with E-state index in [1.54, 1.807) is 0 Å². The van der Waals surface area contributed by atoms with Gasteiger partial charge in [0.15, 0.2) is 0 Å². The van der Waals surface area contributed by atoms with Crippen molar-refractivity contribution in [2.45, 2.75) is 57.6 Å². The Morgan fingerprint density at radius 2 is 1.96 bits per heavy atom. The smallest absolute Gasteiger partial charge is 0.224 e. The summed E-state index contributed by atoms with van der Waals surface area (Å²) in [6.45, 7) is 3.01. The van der Waals surface area contributed by atoms with E-state index in [1.165, 1.54) is 6.33 Å². The van der Waals surface area contributed by atoms with E-state index >= 15 is 0 Å². The standard InChI is InChI=1S/C19H29N7O/c1-3-4-9-21-19-22-11-15(16-10-17(20-2)24-12-23-16)18(26-19)25-13-5-7-14(27)8-6-13/h10-14,27H,3-9H2,1-2H3,(H,20,23,24)(H2,21,22,25,26). The maximum absolute atomic E-state index is 9.76. The lowest BCUT2D eigenvalue weighted by molar-refractivity contribution is 0.126. The molecule has 2 aromatic heterocycles. The van der Waals surface area contributed by atoms with Crippen LogP contribution < -0.4 is 16.0 Å². The van der Waals surface area contributed by atoms with Crippen molar-refractivity contribution in [3.63, 3.8) is 0 Å². The van der Waals surface area contributed by atoms with Crippen LogP contribution in [0.2, 0.25) is 0 Å². The molecule has 0 unspecified atom stereocenters. The molecule has 146 valence electrons. The molecule has 0 bridgehead atoms. The Hall–Kier alpha value is -2.48. The van der Waals surface area contributed by atoms with Gasteiger partial charge in [0.25, 0.3) is 0 Å². The van der Waals surface area contributed by atoms with Gasteiger partial charge in [0.2, 0.25) is 5.95 Å². The Morgan fingerprint density at radius 3 is 2.70 bits per heavy atom. The lowest BCUT2D eigenvalue weighted by Gasteiger charge is -2.27. The van der Waals surface area contributed by atoms with E-state index in [2.05, 4.69) is 37.8 Å². The molecule has 0 aliphatic heterocycles. The highest BCUT2D eigenvalue weighted by molar-refractivity contribution is 5.74. The van der Waals surface area contributed by atoms with Gasteiger partial charge >= 0.3 is 0 Å². The number of hydrogen-bond donors (Lipinski definition) is 4. The molecule has 2 aromatic rings. The molecule has 4 N–H and O–H groups in total. The van der Waals surface area contributed by atoms with E-state index in [0.29, 0.717) is 5.95 Å². The molecular weight excluding hydrogens is 342 g/mol. The molecule has 0 saturated heterocycles. The summed E-state index contributed by atoms with van der Waals surface area (Å²) in [6.07, 6.45) is 8.84. The van der Waals surface area contributed by atoms with E-state index in [1.807, 2.05) is 19.3 Å². The van der Waals surface area contributed by atoms with Crippen LogP contribution in [0.5, 0.6) is 0 Å². The van der Waals surface area contributed by atoms with Crippen LogP contribution in [-0.4, -0.2) is 50.8 Å². The van der Waals surface area contributed by atoms with Crippen LogP contribution in [0.4, 0.5) is 17.6 Å². The number of nitrogens with zero attached hydrogens (tertiary/aromatic N) is 4. The normalized spacial score (nSPS) is 19.5. The van der Waals surface area contributed by atoms with Crippen LogP contribution in [0.3, 0.4) is 0 Å². The van der Waals surface area contributed by atoms with Crippen molar-refractivity contribution in [3.8, 4) is 11.3 Å². The van der Waals surface area contributed by atoms with Crippen LogP contribution in [0.1, 0.15) is 45.4 Å². The van der Waals surface area contributed by atoms with Crippen LogP contribution in [-0.2, 0) is 0 Å². The number of anilines is 3. The van der Waals surface area contributed by atoms with Crippen molar-refractivity contribution < 1.29 is 5.11 Å². The van der Waals surface area contributed by atoms with E-state index in [-0.39, 0.29) is 12.1 Å². The predicted octanol–water partition coefficient (Wildman–Crippen LogP) is 2.90. The topological polar surface area (TPSA) is 108 Å². The van der Waals surface area contributed by atoms with Gasteiger partial charge in [-0.1, -0.05) is 13.3 Å². The fraction of sp³-hybridized carbons (Fsp3) is 0.579. The third kappa shape index (κ3) is 5.26. The zero-order valence-electron chi connectivity index (χ0n) is 16.1. The molecule has 8 nitrogen and oxygen atoms in total. The molecule has 1 saturated carbocycles. The second-order valence-electron chi connectivity index (χ2n) is 6.92. The minimum Gasteiger partial charge on any atom is -0.393 e. The molecule has 1 fully saturated rings. The summed E-state index contributed by atoms with van der Waals surface area (Å²) < 4.78 is 0. The number of unbranched alkanes of at least 4 members (excludes halogenated alkanes) is 1. The number of hydrogen-bond acceptors (Lipinski definition) is 8. The molecule has 0 aromatic carbocycles. The third-order valence-corrected chi connectivity index (χ3v) is 4.84. The van der Waals surface area contributed by atoms with Crippen LogP contribution in [0.15, 0.2) is 18.6 Å². The van der Waals surface area contributed by atoms with Gasteiger partial charge in [-0.25, -0.2) is 15.0 Å². The molecule has 0 radical (unpaired) electrons. The average molecular weight is 371 g/mol. The highest BCUT2D eigenvalue weighted by Gasteiger charge is 2.21. The first kappa shape index (κ1) is 19.3. The van der Waals surface area contributed by atoms with Crippen molar-refractivity contribution in [2.24, 2.45) is 0 Å². The Labute approximate surface area is 160 Å². The van der Waals surface area contributed by atoms with Gasteiger partial charge in [-0.15, -0.1) is 0 Å².